The summed E-state index contributed by atoms with van der Waals surface area (Å²) in [5.41, 5.74) is 3.38. The summed E-state index contributed by atoms with van der Waals surface area (Å²) in [6.45, 7) is 14.0. The van der Waals surface area contributed by atoms with Crippen LogP contribution < -0.4 is 9.80 Å². The van der Waals surface area contributed by atoms with Gasteiger partial charge in [0, 0.05) is 37.3 Å². The smallest absolute Gasteiger partial charge is 0.337 e. The Balaban J connectivity index is 1.43. The van der Waals surface area contributed by atoms with Gasteiger partial charge in [-0.3, -0.25) is 4.79 Å². The van der Waals surface area contributed by atoms with Crippen molar-refractivity contribution in [3.8, 4) is 0 Å². The predicted octanol–water partition coefficient (Wildman–Crippen LogP) is 6.53. The second-order valence-corrected chi connectivity index (χ2v) is 12.4. The van der Waals surface area contributed by atoms with Crippen molar-refractivity contribution >= 4 is 40.7 Å². The highest BCUT2D eigenvalue weighted by molar-refractivity contribution is 6.30. The molecule has 2 aromatic heterocycles. The van der Waals surface area contributed by atoms with Gasteiger partial charge in [0.05, 0.1) is 33.2 Å². The number of anilines is 3. The molecule has 3 aromatic rings. The highest BCUT2D eigenvalue weighted by Gasteiger charge is 2.44. The number of carboxylic acid groups (broad SMARTS) is 1. The minimum atomic E-state index is -0.986. The number of hydrogen-bond acceptors (Lipinski definition) is 6. The van der Waals surface area contributed by atoms with E-state index < -0.39 is 17.3 Å². The van der Waals surface area contributed by atoms with E-state index in [0.29, 0.717) is 54.6 Å². The second kappa shape index (κ2) is 10.8. The molecule has 5 rings (SSSR count). The third-order valence-electron chi connectivity index (χ3n) is 8.98. The van der Waals surface area contributed by atoms with Crippen LogP contribution in [0.25, 0.3) is 0 Å². The van der Waals surface area contributed by atoms with Crippen molar-refractivity contribution in [2.24, 2.45) is 0 Å². The van der Waals surface area contributed by atoms with E-state index in [1.807, 2.05) is 30.9 Å². The molecule has 1 aromatic carbocycles. The predicted molar refractivity (Wildman–Crippen MR) is 163 cm³/mol. The molecule has 0 bridgehead atoms. The Morgan fingerprint density at radius 1 is 1.02 bits per heavy atom. The van der Waals surface area contributed by atoms with Crippen molar-refractivity contribution in [3.63, 3.8) is 0 Å². The number of fused-ring (bicyclic) bond motifs is 1. The van der Waals surface area contributed by atoms with Gasteiger partial charge in [-0.25, -0.2) is 19.2 Å². The Morgan fingerprint density at radius 2 is 1.74 bits per heavy atom. The van der Waals surface area contributed by atoms with E-state index in [1.54, 1.807) is 32.0 Å². The van der Waals surface area contributed by atoms with E-state index in [-0.39, 0.29) is 21.9 Å². The summed E-state index contributed by atoms with van der Waals surface area (Å²) < 4.78 is 14.4. The Morgan fingerprint density at radius 3 is 2.33 bits per heavy atom. The molecule has 8 nitrogen and oxygen atoms in total. The molecular weight excluding hydrogens is 557 g/mol. The number of amides is 1. The average molecular weight is 594 g/mol. The third kappa shape index (κ3) is 4.97. The number of benzene rings is 1. The summed E-state index contributed by atoms with van der Waals surface area (Å²) in [5, 5.41) is 9.60. The summed E-state index contributed by atoms with van der Waals surface area (Å²) in [7, 11) is 0. The average Bonchev–Trinajstić information content (AvgIpc) is 3.27. The molecule has 2 aliphatic heterocycles. The van der Waals surface area contributed by atoms with E-state index in [9.17, 15) is 19.1 Å². The van der Waals surface area contributed by atoms with Gasteiger partial charge in [-0.05, 0) is 82.5 Å². The molecule has 0 unspecified atom stereocenters. The fourth-order valence-corrected chi connectivity index (χ4v) is 6.61. The maximum atomic E-state index is 14.4. The molecule has 0 aliphatic carbocycles. The highest BCUT2D eigenvalue weighted by atomic mass is 35.5. The van der Waals surface area contributed by atoms with Crippen molar-refractivity contribution in [3.05, 3.63) is 75.4 Å². The number of rotatable bonds is 6. The summed E-state index contributed by atoms with van der Waals surface area (Å²) >= 11 is 5.95. The summed E-state index contributed by atoms with van der Waals surface area (Å²) in [6.07, 6.45) is 1.65. The molecule has 4 heterocycles. The first-order chi connectivity index (χ1) is 19.8. The minimum absolute atomic E-state index is 0.0792. The molecule has 10 heteroatoms. The van der Waals surface area contributed by atoms with Crippen molar-refractivity contribution < 1.29 is 19.1 Å². The molecule has 1 fully saturated rings. The number of carboxylic acids is 1. The monoisotopic (exact) mass is 593 g/mol. The number of aromatic nitrogens is 2. The molecule has 0 spiro atoms. The number of piperazine rings is 1. The van der Waals surface area contributed by atoms with Crippen LogP contribution in [0.1, 0.15) is 78.3 Å². The number of nitrogens with zero attached hydrogens (tertiary/aromatic N) is 5. The van der Waals surface area contributed by atoms with Gasteiger partial charge in [-0.15, -0.1) is 0 Å². The van der Waals surface area contributed by atoms with Gasteiger partial charge >= 0.3 is 5.97 Å². The molecular formula is C32H37ClFN5O3. The quantitative estimate of drug-likeness (QED) is 0.347. The molecule has 2 aliphatic rings. The van der Waals surface area contributed by atoms with E-state index in [0.717, 1.165) is 24.2 Å². The summed E-state index contributed by atoms with van der Waals surface area (Å²) in [4.78, 5) is 41.2. The Hall–Kier alpha value is -3.72. The molecule has 1 amide bonds. The number of aryl methyl sites for hydroxylation is 2. The number of aromatic carboxylic acids is 1. The number of carbonyl (C=O) groups is 2. The second-order valence-electron chi connectivity index (χ2n) is 12.0. The van der Waals surface area contributed by atoms with Crippen LogP contribution in [0.5, 0.6) is 0 Å². The number of carbonyl (C=O) groups excluding carboxylic acids is 1. The Labute approximate surface area is 251 Å². The van der Waals surface area contributed by atoms with E-state index >= 15 is 0 Å². The van der Waals surface area contributed by atoms with Crippen LogP contribution in [-0.2, 0) is 5.41 Å². The maximum Gasteiger partial charge on any atom is 0.337 e. The molecule has 0 atom stereocenters. The first kappa shape index (κ1) is 29.8. The van der Waals surface area contributed by atoms with E-state index in [2.05, 4.69) is 28.6 Å². The third-order valence-corrected chi connectivity index (χ3v) is 9.29. The molecule has 0 saturated carbocycles. The number of hydrogen-bond donors (Lipinski definition) is 1. The van der Waals surface area contributed by atoms with Crippen LogP contribution in [0.3, 0.4) is 0 Å². The fraction of sp³-hybridized carbons (Fsp3) is 0.438. The molecule has 42 heavy (non-hydrogen) atoms. The zero-order valence-corrected chi connectivity index (χ0v) is 25.7. The SMILES string of the molecule is CCC1(CC)CN(c2ccc(Cl)c(F)c2)c2ccc(C(=O)N3CCN(c4cc(C)c(C(=O)O)c(C)n4)CC3(C)C)nc21. The number of halogens is 2. The summed E-state index contributed by atoms with van der Waals surface area (Å²) in [5.74, 6) is -0.887. The van der Waals surface area contributed by atoms with Gasteiger partial charge in [0.25, 0.3) is 5.91 Å². The van der Waals surface area contributed by atoms with Gasteiger partial charge in [-0.1, -0.05) is 25.4 Å². The van der Waals surface area contributed by atoms with Crippen LogP contribution in [-0.4, -0.2) is 63.6 Å². The maximum absolute atomic E-state index is 14.4. The zero-order chi connectivity index (χ0) is 30.6. The fourth-order valence-electron chi connectivity index (χ4n) is 6.50. The first-order valence-corrected chi connectivity index (χ1v) is 14.7. The normalized spacial score (nSPS) is 17.4. The van der Waals surface area contributed by atoms with Gasteiger partial charge in [0.15, 0.2) is 0 Å². The van der Waals surface area contributed by atoms with Crippen LogP contribution >= 0.6 is 11.6 Å². The van der Waals surface area contributed by atoms with Crippen LogP contribution in [0.4, 0.5) is 21.6 Å². The Kier molecular flexibility index (Phi) is 7.68. The topological polar surface area (TPSA) is 89.9 Å². The van der Waals surface area contributed by atoms with Crippen molar-refractivity contribution in [1.82, 2.24) is 14.9 Å². The number of pyridine rings is 2. The van der Waals surface area contributed by atoms with Gasteiger partial charge in [-0.2, -0.15) is 0 Å². The van der Waals surface area contributed by atoms with Crippen LogP contribution in [0.15, 0.2) is 36.4 Å². The lowest BCUT2D eigenvalue weighted by molar-refractivity contribution is 0.0506. The Bertz CT molecular complexity index is 1550. The lowest BCUT2D eigenvalue weighted by atomic mass is 9.80. The lowest BCUT2D eigenvalue weighted by Gasteiger charge is -2.47. The van der Waals surface area contributed by atoms with Crippen LogP contribution in [0, 0.1) is 19.7 Å². The van der Waals surface area contributed by atoms with Crippen molar-refractivity contribution in [1.29, 1.82) is 0 Å². The van der Waals surface area contributed by atoms with E-state index in [4.69, 9.17) is 16.6 Å². The minimum Gasteiger partial charge on any atom is -0.478 e. The van der Waals surface area contributed by atoms with Gasteiger partial charge in [0.1, 0.15) is 17.3 Å². The van der Waals surface area contributed by atoms with Crippen molar-refractivity contribution in [2.45, 2.75) is 65.3 Å². The van der Waals surface area contributed by atoms with Crippen LogP contribution in [0.2, 0.25) is 5.02 Å². The first-order valence-electron chi connectivity index (χ1n) is 14.3. The molecule has 0 radical (unpaired) electrons. The van der Waals surface area contributed by atoms with Gasteiger partial charge < -0.3 is 19.8 Å². The largest absolute Gasteiger partial charge is 0.478 e. The zero-order valence-electron chi connectivity index (χ0n) is 25.0. The lowest BCUT2D eigenvalue weighted by Crippen LogP contribution is -2.61. The van der Waals surface area contributed by atoms with Crippen molar-refractivity contribution in [2.75, 3.05) is 36.0 Å². The molecule has 1 saturated heterocycles. The van der Waals surface area contributed by atoms with Gasteiger partial charge in [0.2, 0.25) is 0 Å². The molecule has 222 valence electrons. The van der Waals surface area contributed by atoms with E-state index in [1.165, 1.54) is 6.07 Å². The summed E-state index contributed by atoms with van der Waals surface area (Å²) in [6, 6.07) is 10.3. The standard InChI is InChI=1S/C32H37ClFN5O3/c1-7-32(8-2)18-38(21-9-10-22(33)23(34)16-21)25-12-11-24(36-28(25)32)29(40)39-14-13-37(17-31(39,5)6)26-15-19(3)27(30(41)42)20(4)35-26/h9-12,15-16H,7-8,13-14,17-18H2,1-6H3,(H,41,42). The highest BCUT2D eigenvalue weighted by Crippen LogP contribution is 2.47. The molecule has 1 N–H and O–H groups in total.